The van der Waals surface area contributed by atoms with Gasteiger partial charge in [0.2, 0.25) is 5.91 Å². The zero-order chi connectivity index (χ0) is 20.8. The number of hydrogen-bond donors (Lipinski definition) is 1. The lowest BCUT2D eigenvalue weighted by Gasteiger charge is -2.25. The molecule has 158 valence electrons. The molecular formula is C21H36N4O3. The van der Waals surface area contributed by atoms with Gasteiger partial charge in [-0.05, 0) is 38.5 Å². The number of carbonyl (C=O) groups is 1. The SMILES string of the molecule is CCNC(=NCc1cccc(OCCCOC)c1)N(C)CC(=O)N(CC)CC. The van der Waals surface area contributed by atoms with Gasteiger partial charge in [-0.25, -0.2) is 4.99 Å². The number of nitrogens with one attached hydrogen (secondary N) is 1. The average Bonchev–Trinajstić information content (AvgIpc) is 2.69. The summed E-state index contributed by atoms with van der Waals surface area (Å²) in [5.41, 5.74) is 1.06. The van der Waals surface area contributed by atoms with E-state index >= 15 is 0 Å². The van der Waals surface area contributed by atoms with Crippen LogP contribution in [0.3, 0.4) is 0 Å². The van der Waals surface area contributed by atoms with Gasteiger partial charge in [0.05, 0.1) is 19.7 Å². The Labute approximate surface area is 169 Å². The van der Waals surface area contributed by atoms with Crippen molar-refractivity contribution in [2.45, 2.75) is 33.7 Å². The van der Waals surface area contributed by atoms with Crippen molar-refractivity contribution in [1.82, 2.24) is 15.1 Å². The number of rotatable bonds is 12. The molecule has 0 spiro atoms. The molecule has 7 nitrogen and oxygen atoms in total. The van der Waals surface area contributed by atoms with E-state index in [1.165, 1.54) is 0 Å². The molecule has 0 saturated heterocycles. The van der Waals surface area contributed by atoms with Crippen molar-refractivity contribution >= 4 is 11.9 Å². The summed E-state index contributed by atoms with van der Waals surface area (Å²) in [7, 11) is 3.57. The molecule has 0 aromatic heterocycles. The molecule has 0 saturated carbocycles. The first kappa shape index (κ1) is 23.8. The van der Waals surface area contributed by atoms with Crippen LogP contribution in [0.1, 0.15) is 32.8 Å². The zero-order valence-electron chi connectivity index (χ0n) is 18.0. The number of carbonyl (C=O) groups excluding carboxylic acids is 1. The highest BCUT2D eigenvalue weighted by Crippen LogP contribution is 2.14. The van der Waals surface area contributed by atoms with Crippen LogP contribution in [0.5, 0.6) is 5.75 Å². The van der Waals surface area contributed by atoms with Gasteiger partial charge >= 0.3 is 0 Å². The molecule has 1 N–H and O–H groups in total. The van der Waals surface area contributed by atoms with Gasteiger partial charge in [-0.15, -0.1) is 0 Å². The first-order chi connectivity index (χ1) is 13.5. The first-order valence-electron chi connectivity index (χ1n) is 10.0. The summed E-state index contributed by atoms with van der Waals surface area (Å²) >= 11 is 0. The fourth-order valence-corrected chi connectivity index (χ4v) is 2.72. The Morgan fingerprint density at radius 3 is 2.57 bits per heavy atom. The van der Waals surface area contributed by atoms with Crippen molar-refractivity contribution < 1.29 is 14.3 Å². The Balaban J connectivity index is 2.71. The molecule has 0 radical (unpaired) electrons. The van der Waals surface area contributed by atoms with Crippen LogP contribution in [0.4, 0.5) is 0 Å². The monoisotopic (exact) mass is 392 g/mol. The normalized spacial score (nSPS) is 11.2. The van der Waals surface area contributed by atoms with Crippen LogP contribution in [0.15, 0.2) is 29.3 Å². The number of ether oxygens (including phenoxy) is 2. The second-order valence-corrected chi connectivity index (χ2v) is 6.43. The second-order valence-electron chi connectivity index (χ2n) is 6.43. The summed E-state index contributed by atoms with van der Waals surface area (Å²) in [6.07, 6.45) is 0.856. The van der Waals surface area contributed by atoms with Crippen LogP contribution >= 0.6 is 0 Å². The molecule has 0 bridgehead atoms. The summed E-state index contributed by atoms with van der Waals surface area (Å²) in [4.78, 5) is 20.7. The number of likely N-dealkylation sites (N-methyl/N-ethyl adjacent to an activating group) is 2. The smallest absolute Gasteiger partial charge is 0.242 e. The van der Waals surface area contributed by atoms with Crippen LogP contribution < -0.4 is 10.1 Å². The van der Waals surface area contributed by atoms with E-state index in [-0.39, 0.29) is 5.91 Å². The Morgan fingerprint density at radius 1 is 1.18 bits per heavy atom. The molecule has 0 aliphatic heterocycles. The summed E-state index contributed by atoms with van der Waals surface area (Å²) < 4.78 is 10.8. The molecule has 1 rings (SSSR count). The second kappa shape index (κ2) is 13.8. The van der Waals surface area contributed by atoms with Crippen molar-refractivity contribution in [2.24, 2.45) is 4.99 Å². The Bertz CT molecular complexity index is 603. The maximum Gasteiger partial charge on any atom is 0.242 e. The standard InChI is InChI=1S/C21H36N4O3/c1-6-22-21(24(4)17-20(26)25(7-2)8-3)23-16-18-11-9-12-19(15-18)28-14-10-13-27-5/h9,11-12,15H,6-8,10,13-14,16-17H2,1-5H3,(H,22,23). The van der Waals surface area contributed by atoms with Crippen molar-refractivity contribution in [3.8, 4) is 5.75 Å². The van der Waals surface area contributed by atoms with E-state index in [1.54, 1.807) is 7.11 Å². The number of guanidine groups is 1. The number of hydrogen-bond acceptors (Lipinski definition) is 4. The minimum absolute atomic E-state index is 0.101. The third-order valence-electron chi connectivity index (χ3n) is 4.26. The van der Waals surface area contributed by atoms with Crippen LogP contribution in [-0.4, -0.2) is 75.2 Å². The Hall–Kier alpha value is -2.28. The van der Waals surface area contributed by atoms with Gasteiger partial charge in [0.1, 0.15) is 5.75 Å². The summed E-state index contributed by atoms with van der Waals surface area (Å²) in [6, 6.07) is 7.94. The van der Waals surface area contributed by atoms with Gasteiger partial charge < -0.3 is 24.6 Å². The number of aliphatic imine (C=N–C) groups is 1. The molecule has 1 amide bonds. The van der Waals surface area contributed by atoms with Crippen molar-refractivity contribution in [1.29, 1.82) is 0 Å². The lowest BCUT2D eigenvalue weighted by molar-refractivity contribution is -0.131. The molecule has 28 heavy (non-hydrogen) atoms. The fraction of sp³-hybridized carbons (Fsp3) is 0.619. The van der Waals surface area contributed by atoms with E-state index < -0.39 is 0 Å². The van der Waals surface area contributed by atoms with Gasteiger partial charge in [-0.2, -0.15) is 0 Å². The highest BCUT2D eigenvalue weighted by atomic mass is 16.5. The van der Waals surface area contributed by atoms with Gasteiger partial charge in [0.25, 0.3) is 0 Å². The van der Waals surface area contributed by atoms with Crippen molar-refractivity contribution in [3.05, 3.63) is 29.8 Å². The van der Waals surface area contributed by atoms with Crippen LogP contribution in [0.25, 0.3) is 0 Å². The Morgan fingerprint density at radius 2 is 1.93 bits per heavy atom. The predicted molar refractivity (Wildman–Crippen MR) is 114 cm³/mol. The van der Waals surface area contributed by atoms with Gasteiger partial charge in [0.15, 0.2) is 5.96 Å². The van der Waals surface area contributed by atoms with Gasteiger partial charge in [-0.1, -0.05) is 12.1 Å². The summed E-state index contributed by atoms with van der Waals surface area (Å²) in [5, 5.41) is 3.26. The van der Waals surface area contributed by atoms with E-state index in [4.69, 9.17) is 9.47 Å². The number of methoxy groups -OCH3 is 1. The molecule has 1 aromatic carbocycles. The maximum absolute atomic E-state index is 12.4. The summed E-state index contributed by atoms with van der Waals surface area (Å²) in [6.45, 7) is 10.3. The number of amides is 1. The van der Waals surface area contributed by atoms with E-state index in [0.717, 1.165) is 30.2 Å². The molecule has 0 atom stereocenters. The van der Waals surface area contributed by atoms with Crippen molar-refractivity contribution in [2.75, 3.05) is 53.6 Å². The van der Waals surface area contributed by atoms with Crippen LogP contribution in [0, 0.1) is 0 Å². The van der Waals surface area contributed by atoms with E-state index in [1.807, 2.05) is 61.9 Å². The molecule has 7 heteroatoms. The largest absolute Gasteiger partial charge is 0.493 e. The molecule has 0 heterocycles. The maximum atomic E-state index is 12.4. The quantitative estimate of drug-likeness (QED) is 0.336. The van der Waals surface area contributed by atoms with Crippen molar-refractivity contribution in [3.63, 3.8) is 0 Å². The van der Waals surface area contributed by atoms with E-state index in [0.29, 0.717) is 39.4 Å². The van der Waals surface area contributed by atoms with E-state index in [9.17, 15) is 4.79 Å². The van der Waals surface area contributed by atoms with Crippen LogP contribution in [-0.2, 0) is 16.1 Å². The van der Waals surface area contributed by atoms with Crippen LogP contribution in [0.2, 0.25) is 0 Å². The lowest BCUT2D eigenvalue weighted by atomic mass is 10.2. The first-order valence-corrected chi connectivity index (χ1v) is 10.0. The predicted octanol–water partition coefficient (Wildman–Crippen LogP) is 2.37. The third kappa shape index (κ3) is 8.61. The average molecular weight is 393 g/mol. The molecule has 0 aliphatic carbocycles. The van der Waals surface area contributed by atoms with E-state index in [2.05, 4.69) is 10.3 Å². The Kier molecular flexibility index (Phi) is 11.7. The molecular weight excluding hydrogens is 356 g/mol. The number of benzene rings is 1. The fourth-order valence-electron chi connectivity index (χ4n) is 2.72. The topological polar surface area (TPSA) is 66.4 Å². The molecule has 0 fully saturated rings. The zero-order valence-corrected chi connectivity index (χ0v) is 18.0. The molecule has 0 unspecified atom stereocenters. The highest BCUT2D eigenvalue weighted by molar-refractivity contribution is 5.86. The highest BCUT2D eigenvalue weighted by Gasteiger charge is 2.15. The minimum Gasteiger partial charge on any atom is -0.493 e. The minimum atomic E-state index is 0.101. The lowest BCUT2D eigenvalue weighted by Crippen LogP contribution is -2.45. The van der Waals surface area contributed by atoms with Gasteiger partial charge in [-0.3, -0.25) is 4.79 Å². The molecule has 1 aromatic rings. The summed E-state index contributed by atoms with van der Waals surface area (Å²) in [5.74, 6) is 1.65. The third-order valence-corrected chi connectivity index (χ3v) is 4.26. The number of nitrogens with zero attached hydrogens (tertiary/aromatic N) is 3. The van der Waals surface area contributed by atoms with Gasteiger partial charge in [0, 0.05) is 46.8 Å². The molecule has 0 aliphatic rings.